The smallest absolute Gasteiger partial charge is 0.306 e. The largest absolute Gasteiger partial charge is 0.506 e. The van der Waals surface area contributed by atoms with Crippen molar-refractivity contribution in [1.82, 2.24) is 0 Å². The Labute approximate surface area is 96.5 Å². The van der Waals surface area contributed by atoms with Crippen LogP contribution in [-0.4, -0.2) is 32.5 Å². The van der Waals surface area contributed by atoms with Crippen molar-refractivity contribution in [2.45, 2.75) is 18.6 Å². The number of hydrogen-bond acceptors (Lipinski definition) is 4. The van der Waals surface area contributed by atoms with Crippen LogP contribution in [0.5, 0.6) is 5.75 Å². The lowest BCUT2D eigenvalue weighted by Crippen LogP contribution is -2.22. The lowest BCUT2D eigenvalue weighted by Gasteiger charge is -2.17. The average molecular weight is 247 g/mol. The fourth-order valence-corrected chi connectivity index (χ4v) is 1.50. The summed E-state index contributed by atoms with van der Waals surface area (Å²) in [6, 6.07) is 4.16. The summed E-state index contributed by atoms with van der Waals surface area (Å²) >= 11 is 5.70. The topological polar surface area (TPSA) is 98.0 Å². The summed E-state index contributed by atoms with van der Waals surface area (Å²) < 4.78 is 0. The number of carboxylic acid groups (broad SMARTS) is 1. The zero-order valence-electron chi connectivity index (χ0n) is 8.17. The van der Waals surface area contributed by atoms with Gasteiger partial charge in [0.2, 0.25) is 0 Å². The second-order valence-electron chi connectivity index (χ2n) is 3.29. The summed E-state index contributed by atoms with van der Waals surface area (Å²) in [6.45, 7) is 0. The Morgan fingerprint density at radius 1 is 1.38 bits per heavy atom. The molecule has 0 saturated heterocycles. The van der Waals surface area contributed by atoms with Crippen LogP contribution in [0.1, 0.15) is 18.1 Å². The molecular formula is C10H11ClO5. The highest BCUT2D eigenvalue weighted by Crippen LogP contribution is 2.32. The van der Waals surface area contributed by atoms with E-state index in [0.717, 1.165) is 0 Å². The first-order valence-corrected chi connectivity index (χ1v) is 4.86. The number of carboxylic acids is 1. The summed E-state index contributed by atoms with van der Waals surface area (Å²) in [4.78, 5) is 10.3. The van der Waals surface area contributed by atoms with Crippen LogP contribution in [0.15, 0.2) is 18.2 Å². The molecule has 1 aromatic rings. The maximum Gasteiger partial charge on any atom is 0.306 e. The van der Waals surface area contributed by atoms with E-state index in [2.05, 4.69) is 0 Å². The molecule has 0 saturated carbocycles. The van der Waals surface area contributed by atoms with Gasteiger partial charge in [-0.1, -0.05) is 23.7 Å². The average Bonchev–Trinajstić information content (AvgIpc) is 2.20. The van der Waals surface area contributed by atoms with E-state index >= 15 is 0 Å². The van der Waals surface area contributed by atoms with Crippen molar-refractivity contribution in [3.63, 3.8) is 0 Å². The minimum absolute atomic E-state index is 0.0930. The van der Waals surface area contributed by atoms with Gasteiger partial charge in [0.1, 0.15) is 11.9 Å². The van der Waals surface area contributed by atoms with Crippen molar-refractivity contribution in [2.24, 2.45) is 0 Å². The van der Waals surface area contributed by atoms with Gasteiger partial charge < -0.3 is 20.4 Å². The van der Waals surface area contributed by atoms with Gasteiger partial charge in [-0.15, -0.1) is 0 Å². The van der Waals surface area contributed by atoms with Gasteiger partial charge in [0.15, 0.2) is 0 Å². The van der Waals surface area contributed by atoms with E-state index in [-0.39, 0.29) is 16.3 Å². The number of aliphatic carboxylic acids is 1. The second-order valence-corrected chi connectivity index (χ2v) is 3.67. The highest BCUT2D eigenvalue weighted by atomic mass is 35.5. The number of aliphatic hydroxyl groups is 2. The minimum atomic E-state index is -1.48. The first-order chi connectivity index (χ1) is 7.43. The number of aliphatic hydroxyl groups excluding tert-OH is 2. The summed E-state index contributed by atoms with van der Waals surface area (Å²) in [5.74, 6) is -1.47. The van der Waals surface area contributed by atoms with Crippen LogP contribution in [0, 0.1) is 0 Å². The third-order valence-corrected chi connectivity index (χ3v) is 2.49. The zero-order valence-corrected chi connectivity index (χ0v) is 8.92. The van der Waals surface area contributed by atoms with E-state index < -0.39 is 24.6 Å². The highest BCUT2D eigenvalue weighted by Gasteiger charge is 2.23. The number of hydrogen-bond donors (Lipinski definition) is 4. The van der Waals surface area contributed by atoms with E-state index in [0.29, 0.717) is 0 Å². The molecule has 2 atom stereocenters. The summed E-state index contributed by atoms with van der Waals surface area (Å²) in [6.07, 6.45) is -3.53. The quantitative estimate of drug-likeness (QED) is 0.633. The lowest BCUT2D eigenvalue weighted by atomic mass is 10.0. The van der Waals surface area contributed by atoms with Gasteiger partial charge in [0, 0.05) is 5.56 Å². The Morgan fingerprint density at radius 3 is 2.56 bits per heavy atom. The molecule has 0 aliphatic carbocycles. The molecule has 16 heavy (non-hydrogen) atoms. The van der Waals surface area contributed by atoms with Crippen molar-refractivity contribution in [1.29, 1.82) is 0 Å². The van der Waals surface area contributed by atoms with Crippen LogP contribution in [0.25, 0.3) is 0 Å². The molecule has 2 unspecified atom stereocenters. The maximum absolute atomic E-state index is 10.3. The number of carbonyl (C=O) groups is 1. The third kappa shape index (κ3) is 2.85. The molecule has 4 N–H and O–H groups in total. The molecule has 0 bridgehead atoms. The van der Waals surface area contributed by atoms with Crippen LogP contribution in [0.4, 0.5) is 0 Å². The van der Waals surface area contributed by atoms with E-state index in [9.17, 15) is 20.1 Å². The molecule has 0 aliphatic heterocycles. The molecule has 0 aliphatic rings. The highest BCUT2D eigenvalue weighted by molar-refractivity contribution is 6.32. The number of aromatic hydroxyl groups is 1. The summed E-state index contributed by atoms with van der Waals surface area (Å²) in [7, 11) is 0. The molecule has 0 amide bonds. The minimum Gasteiger partial charge on any atom is -0.506 e. The zero-order chi connectivity index (χ0) is 12.3. The van der Waals surface area contributed by atoms with Crippen molar-refractivity contribution >= 4 is 17.6 Å². The Balaban J connectivity index is 2.91. The number of benzene rings is 1. The van der Waals surface area contributed by atoms with Gasteiger partial charge in [-0.25, -0.2) is 0 Å². The molecule has 88 valence electrons. The third-order valence-electron chi connectivity index (χ3n) is 2.08. The Bertz CT molecular complexity index is 393. The molecule has 0 heterocycles. The number of halogens is 1. The first-order valence-electron chi connectivity index (χ1n) is 4.48. The molecule has 0 spiro atoms. The van der Waals surface area contributed by atoms with Crippen molar-refractivity contribution < 1.29 is 25.2 Å². The molecule has 0 fully saturated rings. The van der Waals surface area contributed by atoms with Gasteiger partial charge in [-0.3, -0.25) is 4.79 Å². The lowest BCUT2D eigenvalue weighted by molar-refractivity contribution is -0.141. The predicted molar refractivity (Wildman–Crippen MR) is 56.3 cm³/mol. The van der Waals surface area contributed by atoms with Gasteiger partial charge in [0.25, 0.3) is 0 Å². The van der Waals surface area contributed by atoms with Crippen molar-refractivity contribution in [2.75, 3.05) is 0 Å². The van der Waals surface area contributed by atoms with Crippen molar-refractivity contribution in [3.8, 4) is 5.75 Å². The van der Waals surface area contributed by atoms with Crippen molar-refractivity contribution in [3.05, 3.63) is 28.8 Å². The monoisotopic (exact) mass is 246 g/mol. The van der Waals surface area contributed by atoms with Gasteiger partial charge in [-0.2, -0.15) is 0 Å². The molecule has 0 aromatic heterocycles. The van der Waals surface area contributed by atoms with Crippen LogP contribution in [0.2, 0.25) is 5.02 Å². The fourth-order valence-electron chi connectivity index (χ4n) is 1.26. The van der Waals surface area contributed by atoms with Crippen LogP contribution in [-0.2, 0) is 4.79 Å². The summed E-state index contributed by atoms with van der Waals surface area (Å²) in [5, 5.41) is 36.6. The predicted octanol–water partition coefficient (Wildman–Crippen LogP) is 0.915. The molecule has 1 aromatic carbocycles. The van der Waals surface area contributed by atoms with Gasteiger partial charge >= 0.3 is 5.97 Å². The van der Waals surface area contributed by atoms with E-state index in [4.69, 9.17) is 16.7 Å². The van der Waals surface area contributed by atoms with Crippen LogP contribution >= 0.6 is 11.6 Å². The second kappa shape index (κ2) is 5.16. The SMILES string of the molecule is O=C(O)CC(O)C(O)c1cccc(O)c1Cl. The molecule has 0 radical (unpaired) electrons. The van der Waals surface area contributed by atoms with E-state index in [1.807, 2.05) is 0 Å². The first kappa shape index (κ1) is 12.8. The molecule has 5 nitrogen and oxygen atoms in total. The fraction of sp³-hybridized carbons (Fsp3) is 0.300. The number of phenols is 1. The molecular weight excluding hydrogens is 236 g/mol. The maximum atomic E-state index is 10.3. The Morgan fingerprint density at radius 2 is 2.00 bits per heavy atom. The standard InChI is InChI=1S/C10H11ClO5/c11-9-5(2-1-3-6(9)12)10(16)7(13)4-8(14)15/h1-3,7,10,12-13,16H,4H2,(H,14,15). The Hall–Kier alpha value is -1.30. The van der Waals surface area contributed by atoms with Crippen LogP contribution in [0.3, 0.4) is 0 Å². The normalized spacial score (nSPS) is 14.4. The Kier molecular flexibility index (Phi) is 4.12. The number of phenolic OH excluding ortho intramolecular Hbond substituents is 1. The van der Waals surface area contributed by atoms with Gasteiger partial charge in [-0.05, 0) is 6.07 Å². The van der Waals surface area contributed by atoms with Gasteiger partial charge in [0.05, 0.1) is 17.5 Å². The van der Waals surface area contributed by atoms with E-state index in [1.165, 1.54) is 18.2 Å². The van der Waals surface area contributed by atoms with E-state index in [1.54, 1.807) is 0 Å². The number of rotatable bonds is 4. The summed E-state index contributed by atoms with van der Waals surface area (Å²) in [5.41, 5.74) is 0.0930. The van der Waals surface area contributed by atoms with Crippen LogP contribution < -0.4 is 0 Å². The molecule has 6 heteroatoms. The molecule has 1 rings (SSSR count).